The lowest BCUT2D eigenvalue weighted by Crippen LogP contribution is -2.47. The van der Waals surface area contributed by atoms with Gasteiger partial charge in [0.15, 0.2) is 5.16 Å². The normalized spacial score (nSPS) is 28.1. The van der Waals surface area contributed by atoms with Crippen LogP contribution in [0, 0.1) is 23.2 Å². The van der Waals surface area contributed by atoms with Crippen LogP contribution in [0.3, 0.4) is 0 Å². The summed E-state index contributed by atoms with van der Waals surface area (Å²) in [5.74, 6) is 4.15. The number of thioether (sulfide) groups is 1. The molecule has 1 aromatic carbocycles. The maximum Gasteiger partial charge on any atom is 0.230 e. The molecular formula is C25H31ClN4OS. The first kappa shape index (κ1) is 22.0. The Labute approximate surface area is 199 Å². The second-order valence-corrected chi connectivity index (χ2v) is 11.5. The van der Waals surface area contributed by atoms with Gasteiger partial charge in [-0.15, -0.1) is 16.8 Å². The molecule has 4 aliphatic carbocycles. The van der Waals surface area contributed by atoms with Crippen LogP contribution in [0.1, 0.15) is 49.9 Å². The van der Waals surface area contributed by atoms with Gasteiger partial charge in [-0.1, -0.05) is 41.6 Å². The SMILES string of the molecule is C=CCn1c(CC23CC4CC(CC(C4)C2)C3)nnc1SCC(=O)NCc1ccc(Cl)cc1. The van der Waals surface area contributed by atoms with Gasteiger partial charge >= 0.3 is 0 Å². The summed E-state index contributed by atoms with van der Waals surface area (Å²) >= 11 is 7.37. The van der Waals surface area contributed by atoms with Crippen LogP contribution in [0.2, 0.25) is 5.02 Å². The van der Waals surface area contributed by atoms with Gasteiger partial charge in [-0.3, -0.25) is 4.79 Å². The fourth-order valence-corrected chi connectivity index (χ4v) is 7.62. The summed E-state index contributed by atoms with van der Waals surface area (Å²) in [6.07, 6.45) is 11.3. The van der Waals surface area contributed by atoms with Gasteiger partial charge in [0.1, 0.15) is 5.82 Å². The van der Waals surface area contributed by atoms with Gasteiger partial charge in [0.2, 0.25) is 5.91 Å². The Morgan fingerprint density at radius 1 is 1.16 bits per heavy atom. The number of nitrogens with zero attached hydrogens (tertiary/aromatic N) is 3. The Hall–Kier alpha value is -1.79. The van der Waals surface area contributed by atoms with E-state index in [-0.39, 0.29) is 5.91 Å². The molecule has 4 aliphatic rings. The third kappa shape index (κ3) is 4.76. The van der Waals surface area contributed by atoms with Crippen LogP contribution in [0.15, 0.2) is 42.1 Å². The van der Waals surface area contributed by atoms with Gasteiger partial charge in [0.05, 0.1) is 5.75 Å². The molecule has 0 spiro atoms. The third-order valence-corrected chi connectivity index (χ3v) is 8.76. The van der Waals surface area contributed by atoms with Crippen molar-refractivity contribution >= 4 is 29.3 Å². The van der Waals surface area contributed by atoms with Crippen molar-refractivity contribution in [2.24, 2.45) is 23.2 Å². The molecule has 1 N–H and O–H groups in total. The number of aromatic nitrogens is 3. The molecule has 0 atom stereocenters. The molecule has 1 heterocycles. The van der Waals surface area contributed by atoms with Gasteiger partial charge in [-0.05, 0) is 79.4 Å². The van der Waals surface area contributed by atoms with Gasteiger partial charge in [-0.25, -0.2) is 0 Å². The predicted octanol–water partition coefficient (Wildman–Crippen LogP) is 5.28. The molecule has 1 amide bonds. The Morgan fingerprint density at radius 3 is 2.44 bits per heavy atom. The molecule has 32 heavy (non-hydrogen) atoms. The predicted molar refractivity (Wildman–Crippen MR) is 129 cm³/mol. The summed E-state index contributed by atoms with van der Waals surface area (Å²) in [6.45, 7) is 5.11. The average molecular weight is 471 g/mol. The van der Waals surface area contributed by atoms with Crippen LogP contribution in [-0.4, -0.2) is 26.4 Å². The van der Waals surface area contributed by atoms with E-state index in [1.807, 2.05) is 30.3 Å². The number of halogens is 1. The summed E-state index contributed by atoms with van der Waals surface area (Å²) < 4.78 is 2.17. The lowest BCUT2D eigenvalue weighted by molar-refractivity contribution is -0.118. The minimum atomic E-state index is -0.0132. The summed E-state index contributed by atoms with van der Waals surface area (Å²) in [6, 6.07) is 7.52. The minimum Gasteiger partial charge on any atom is -0.351 e. The number of hydrogen-bond acceptors (Lipinski definition) is 4. The highest BCUT2D eigenvalue weighted by atomic mass is 35.5. The molecular weight excluding hydrogens is 440 g/mol. The van der Waals surface area contributed by atoms with Crippen LogP contribution in [0.25, 0.3) is 0 Å². The molecule has 6 rings (SSSR count). The van der Waals surface area contributed by atoms with Crippen molar-refractivity contribution in [3.63, 3.8) is 0 Å². The fraction of sp³-hybridized carbons (Fsp3) is 0.560. The van der Waals surface area contributed by atoms with E-state index >= 15 is 0 Å². The minimum absolute atomic E-state index is 0.0132. The number of allylic oxidation sites excluding steroid dienone is 1. The fourth-order valence-electron chi connectivity index (χ4n) is 6.69. The molecule has 0 radical (unpaired) electrons. The average Bonchev–Trinajstić information content (AvgIpc) is 3.12. The van der Waals surface area contributed by atoms with E-state index in [1.54, 1.807) is 0 Å². The van der Waals surface area contributed by atoms with Crippen molar-refractivity contribution in [1.82, 2.24) is 20.1 Å². The van der Waals surface area contributed by atoms with E-state index in [9.17, 15) is 4.79 Å². The molecule has 170 valence electrons. The number of carbonyl (C=O) groups is 1. The van der Waals surface area contributed by atoms with E-state index in [2.05, 4.69) is 26.7 Å². The van der Waals surface area contributed by atoms with Crippen molar-refractivity contribution in [3.8, 4) is 0 Å². The molecule has 4 fully saturated rings. The van der Waals surface area contributed by atoms with Crippen LogP contribution < -0.4 is 5.32 Å². The van der Waals surface area contributed by atoms with Gasteiger partial charge in [-0.2, -0.15) is 0 Å². The Balaban J connectivity index is 1.21. The van der Waals surface area contributed by atoms with Crippen LogP contribution in [0.4, 0.5) is 0 Å². The van der Waals surface area contributed by atoms with Crippen molar-refractivity contribution in [2.45, 2.75) is 63.2 Å². The van der Waals surface area contributed by atoms with Crippen molar-refractivity contribution < 1.29 is 4.79 Å². The second kappa shape index (κ2) is 9.22. The highest BCUT2D eigenvalue weighted by Crippen LogP contribution is 2.61. The van der Waals surface area contributed by atoms with Gasteiger partial charge in [0.25, 0.3) is 0 Å². The summed E-state index contributed by atoms with van der Waals surface area (Å²) in [5.41, 5.74) is 1.44. The number of amides is 1. The maximum absolute atomic E-state index is 12.4. The molecule has 5 nitrogen and oxygen atoms in total. The van der Waals surface area contributed by atoms with E-state index < -0.39 is 0 Å². The first-order valence-corrected chi connectivity index (χ1v) is 13.1. The van der Waals surface area contributed by atoms with Crippen LogP contribution >= 0.6 is 23.4 Å². The lowest BCUT2D eigenvalue weighted by atomic mass is 9.49. The molecule has 4 saturated carbocycles. The molecule has 0 aliphatic heterocycles. The summed E-state index contributed by atoms with van der Waals surface area (Å²) in [4.78, 5) is 12.4. The summed E-state index contributed by atoms with van der Waals surface area (Å²) in [5, 5.41) is 13.5. The van der Waals surface area contributed by atoms with Crippen LogP contribution in [0.5, 0.6) is 0 Å². The number of carbonyl (C=O) groups excluding carboxylic acids is 1. The van der Waals surface area contributed by atoms with Gasteiger partial charge in [0, 0.05) is 24.5 Å². The zero-order chi connectivity index (χ0) is 22.1. The third-order valence-electron chi connectivity index (χ3n) is 7.54. The number of hydrogen-bond donors (Lipinski definition) is 1. The van der Waals surface area contributed by atoms with E-state index in [0.717, 1.165) is 40.7 Å². The van der Waals surface area contributed by atoms with E-state index in [0.29, 0.717) is 29.3 Å². The Kier molecular flexibility index (Phi) is 6.35. The first-order chi connectivity index (χ1) is 15.5. The van der Waals surface area contributed by atoms with Crippen LogP contribution in [-0.2, 0) is 24.3 Å². The summed E-state index contributed by atoms with van der Waals surface area (Å²) in [7, 11) is 0. The monoisotopic (exact) mass is 470 g/mol. The maximum atomic E-state index is 12.4. The quantitative estimate of drug-likeness (QED) is 0.400. The zero-order valence-electron chi connectivity index (χ0n) is 18.4. The highest BCUT2D eigenvalue weighted by molar-refractivity contribution is 7.99. The lowest BCUT2D eigenvalue weighted by Gasteiger charge is -2.56. The van der Waals surface area contributed by atoms with Crippen molar-refractivity contribution in [3.05, 3.63) is 53.3 Å². The molecule has 0 unspecified atom stereocenters. The van der Waals surface area contributed by atoms with Gasteiger partial charge < -0.3 is 9.88 Å². The zero-order valence-corrected chi connectivity index (χ0v) is 20.0. The number of benzene rings is 1. The Bertz CT molecular complexity index is 951. The van der Waals surface area contributed by atoms with E-state index in [4.69, 9.17) is 11.6 Å². The molecule has 2 aromatic rings. The highest BCUT2D eigenvalue weighted by Gasteiger charge is 2.51. The number of nitrogens with one attached hydrogen (secondary N) is 1. The smallest absolute Gasteiger partial charge is 0.230 e. The number of rotatable bonds is 9. The van der Waals surface area contributed by atoms with Crippen molar-refractivity contribution in [1.29, 1.82) is 0 Å². The first-order valence-electron chi connectivity index (χ1n) is 11.7. The largest absolute Gasteiger partial charge is 0.351 e. The standard InChI is InChI=1S/C25H31ClN4OS/c1-2-7-30-22(14-25-11-18-8-19(12-25)10-20(9-18)13-25)28-29-24(30)32-16-23(31)27-15-17-3-5-21(26)6-4-17/h2-6,18-20H,1,7-16H2,(H,27,31). The molecule has 7 heteroatoms. The topological polar surface area (TPSA) is 59.8 Å². The molecule has 4 bridgehead atoms. The van der Waals surface area contributed by atoms with E-state index in [1.165, 1.54) is 50.3 Å². The Morgan fingerprint density at radius 2 is 1.81 bits per heavy atom. The van der Waals surface area contributed by atoms with Crippen molar-refractivity contribution in [2.75, 3.05) is 5.75 Å². The molecule has 0 saturated heterocycles. The second-order valence-electron chi connectivity index (χ2n) is 10.1. The molecule has 1 aromatic heterocycles.